The van der Waals surface area contributed by atoms with E-state index in [4.69, 9.17) is 0 Å². The monoisotopic (exact) mass is 383 g/mol. The quantitative estimate of drug-likeness (QED) is 0.534. The number of carbonyl (C=O) groups is 1. The predicted octanol–water partition coefficient (Wildman–Crippen LogP) is 4.36. The molecule has 0 aliphatic heterocycles. The van der Waals surface area contributed by atoms with Crippen LogP contribution in [0, 0.1) is 10.1 Å². The second kappa shape index (κ2) is 6.59. The number of halogens is 3. The number of hydrogen-bond donors (Lipinski definition) is 1. The molecule has 1 amide bonds. The van der Waals surface area contributed by atoms with E-state index in [1.54, 1.807) is 0 Å². The number of ether oxygens (including phenoxy) is 1. The number of amides is 1. The third-order valence-electron chi connectivity index (χ3n) is 3.16. The van der Waals surface area contributed by atoms with Crippen molar-refractivity contribution >= 4 is 38.3 Å². The summed E-state index contributed by atoms with van der Waals surface area (Å²) in [5.74, 6) is -1.16. The first-order chi connectivity index (χ1) is 12.2. The Morgan fingerprint density at radius 2 is 1.96 bits per heavy atom. The molecule has 0 aliphatic rings. The van der Waals surface area contributed by atoms with Crippen LogP contribution in [0.3, 0.4) is 0 Å². The number of benzene rings is 2. The number of anilines is 1. The van der Waals surface area contributed by atoms with Crippen LogP contribution in [0.5, 0.6) is 5.75 Å². The standard InChI is InChI=1S/C15H8F3N3O4S/c16-15(17,18)25-8-5-6-10-12(7-8)26-14(19-10)20-13(22)9-3-1-2-4-11(9)21(23)24/h1-7H,(H,19,20,22). The summed E-state index contributed by atoms with van der Waals surface area (Å²) in [5.41, 5.74) is -0.174. The lowest BCUT2D eigenvalue weighted by Gasteiger charge is -2.07. The van der Waals surface area contributed by atoms with Gasteiger partial charge in [-0.25, -0.2) is 4.98 Å². The lowest BCUT2D eigenvalue weighted by atomic mass is 10.1. The molecule has 0 spiro atoms. The van der Waals surface area contributed by atoms with E-state index in [9.17, 15) is 28.1 Å². The summed E-state index contributed by atoms with van der Waals surface area (Å²) < 4.78 is 41.0. The van der Waals surface area contributed by atoms with Crippen molar-refractivity contribution in [1.29, 1.82) is 0 Å². The number of alkyl halides is 3. The first-order valence-electron chi connectivity index (χ1n) is 6.94. The SMILES string of the molecule is O=C(Nc1nc2ccc(OC(F)(F)F)cc2s1)c1ccccc1[N+](=O)[O-]. The molecular formula is C15H8F3N3O4S. The first-order valence-corrected chi connectivity index (χ1v) is 7.76. The fourth-order valence-electron chi connectivity index (χ4n) is 2.14. The molecular weight excluding hydrogens is 375 g/mol. The molecule has 3 aromatic rings. The summed E-state index contributed by atoms with van der Waals surface area (Å²) in [5, 5.41) is 13.5. The van der Waals surface area contributed by atoms with Gasteiger partial charge < -0.3 is 4.74 Å². The second-order valence-corrected chi connectivity index (χ2v) is 5.96. The van der Waals surface area contributed by atoms with Gasteiger partial charge in [-0.1, -0.05) is 23.5 Å². The minimum absolute atomic E-state index is 0.0901. The van der Waals surface area contributed by atoms with Crippen LogP contribution in [0.4, 0.5) is 24.0 Å². The van der Waals surface area contributed by atoms with Crippen molar-refractivity contribution in [1.82, 2.24) is 4.98 Å². The molecule has 0 atom stereocenters. The first kappa shape index (κ1) is 17.6. The molecule has 1 aromatic heterocycles. The fourth-order valence-corrected chi connectivity index (χ4v) is 3.03. The van der Waals surface area contributed by atoms with Crippen LogP contribution < -0.4 is 10.1 Å². The fraction of sp³-hybridized carbons (Fsp3) is 0.0667. The smallest absolute Gasteiger partial charge is 0.406 e. The summed E-state index contributed by atoms with van der Waals surface area (Å²) in [6, 6.07) is 8.93. The number of fused-ring (bicyclic) bond motifs is 1. The number of thiazole rings is 1. The van der Waals surface area contributed by atoms with E-state index in [0.29, 0.717) is 10.2 Å². The van der Waals surface area contributed by atoms with E-state index in [1.165, 1.54) is 30.3 Å². The summed E-state index contributed by atoms with van der Waals surface area (Å²) in [7, 11) is 0. The van der Waals surface area contributed by atoms with Crippen molar-refractivity contribution in [3.05, 3.63) is 58.1 Å². The lowest BCUT2D eigenvalue weighted by molar-refractivity contribution is -0.385. The molecule has 3 rings (SSSR count). The van der Waals surface area contributed by atoms with Gasteiger partial charge in [0.25, 0.3) is 11.6 Å². The summed E-state index contributed by atoms with van der Waals surface area (Å²) in [6.45, 7) is 0. The Morgan fingerprint density at radius 3 is 2.65 bits per heavy atom. The average Bonchev–Trinajstić information content (AvgIpc) is 2.94. The zero-order valence-corrected chi connectivity index (χ0v) is 13.4. The number of nitro benzene ring substituents is 1. The van der Waals surface area contributed by atoms with Gasteiger partial charge in [-0.05, 0) is 18.2 Å². The predicted molar refractivity (Wildman–Crippen MR) is 87.4 cm³/mol. The van der Waals surface area contributed by atoms with Crippen LogP contribution >= 0.6 is 11.3 Å². The van der Waals surface area contributed by atoms with Gasteiger partial charge in [0, 0.05) is 12.1 Å². The zero-order chi connectivity index (χ0) is 18.9. The molecule has 0 saturated heterocycles. The van der Waals surface area contributed by atoms with Crippen LogP contribution in [0.15, 0.2) is 42.5 Å². The van der Waals surface area contributed by atoms with Crippen LogP contribution in [0.2, 0.25) is 0 Å². The van der Waals surface area contributed by atoms with Gasteiger partial charge in [-0.2, -0.15) is 0 Å². The van der Waals surface area contributed by atoms with Gasteiger partial charge in [-0.3, -0.25) is 20.2 Å². The Morgan fingerprint density at radius 1 is 1.23 bits per heavy atom. The molecule has 0 saturated carbocycles. The van der Waals surface area contributed by atoms with E-state index in [1.807, 2.05) is 0 Å². The molecule has 134 valence electrons. The number of rotatable bonds is 4. The summed E-state index contributed by atoms with van der Waals surface area (Å²) >= 11 is 0.914. The van der Waals surface area contributed by atoms with Crippen molar-refractivity contribution in [2.75, 3.05) is 5.32 Å². The van der Waals surface area contributed by atoms with Gasteiger partial charge in [-0.15, -0.1) is 13.2 Å². The van der Waals surface area contributed by atoms with E-state index in [-0.39, 0.29) is 16.4 Å². The number of hydrogen-bond acceptors (Lipinski definition) is 6. The molecule has 0 bridgehead atoms. The van der Waals surface area contributed by atoms with Gasteiger partial charge in [0.2, 0.25) is 0 Å². The topological polar surface area (TPSA) is 94.4 Å². The van der Waals surface area contributed by atoms with Crippen molar-refractivity contribution in [3.63, 3.8) is 0 Å². The van der Waals surface area contributed by atoms with E-state index >= 15 is 0 Å². The number of nitrogens with zero attached hydrogens (tertiary/aromatic N) is 2. The Labute approximate surface area is 147 Å². The van der Waals surface area contributed by atoms with E-state index < -0.39 is 22.9 Å². The third kappa shape index (κ3) is 3.88. The highest BCUT2D eigenvalue weighted by molar-refractivity contribution is 7.22. The highest BCUT2D eigenvalue weighted by atomic mass is 32.1. The Bertz CT molecular complexity index is 1000. The maximum atomic E-state index is 12.3. The highest BCUT2D eigenvalue weighted by Crippen LogP contribution is 2.32. The largest absolute Gasteiger partial charge is 0.573 e. The summed E-state index contributed by atoms with van der Waals surface area (Å²) in [4.78, 5) is 26.6. The third-order valence-corrected chi connectivity index (χ3v) is 4.09. The van der Waals surface area contributed by atoms with Crippen molar-refractivity contribution < 1.29 is 27.6 Å². The Kier molecular flexibility index (Phi) is 4.47. The van der Waals surface area contributed by atoms with Gasteiger partial charge in [0.1, 0.15) is 11.3 Å². The zero-order valence-electron chi connectivity index (χ0n) is 12.6. The molecule has 26 heavy (non-hydrogen) atoms. The normalized spacial score (nSPS) is 11.3. The number of para-hydroxylation sites is 1. The molecule has 11 heteroatoms. The van der Waals surface area contributed by atoms with Crippen LogP contribution in [-0.4, -0.2) is 22.2 Å². The minimum Gasteiger partial charge on any atom is -0.406 e. The number of aromatic nitrogens is 1. The molecule has 1 heterocycles. The number of carbonyl (C=O) groups excluding carboxylic acids is 1. The van der Waals surface area contributed by atoms with E-state index in [0.717, 1.165) is 23.5 Å². The minimum atomic E-state index is -4.82. The second-order valence-electron chi connectivity index (χ2n) is 4.92. The van der Waals surface area contributed by atoms with Crippen LogP contribution in [-0.2, 0) is 0 Å². The lowest BCUT2D eigenvalue weighted by Crippen LogP contribution is -2.16. The van der Waals surface area contributed by atoms with Crippen LogP contribution in [0.25, 0.3) is 10.2 Å². The van der Waals surface area contributed by atoms with Crippen molar-refractivity contribution in [3.8, 4) is 5.75 Å². The highest BCUT2D eigenvalue weighted by Gasteiger charge is 2.31. The summed E-state index contributed by atoms with van der Waals surface area (Å²) in [6.07, 6.45) is -4.82. The van der Waals surface area contributed by atoms with Gasteiger partial charge in [0.05, 0.1) is 15.1 Å². The molecule has 0 aliphatic carbocycles. The molecule has 7 nitrogen and oxygen atoms in total. The molecule has 0 radical (unpaired) electrons. The average molecular weight is 383 g/mol. The number of nitrogens with one attached hydrogen (secondary N) is 1. The maximum Gasteiger partial charge on any atom is 0.573 e. The maximum absolute atomic E-state index is 12.3. The Balaban J connectivity index is 1.85. The van der Waals surface area contributed by atoms with Crippen LogP contribution in [0.1, 0.15) is 10.4 Å². The Hall–Kier alpha value is -3.21. The number of nitro groups is 1. The van der Waals surface area contributed by atoms with Crippen molar-refractivity contribution in [2.45, 2.75) is 6.36 Å². The molecule has 0 unspecified atom stereocenters. The van der Waals surface area contributed by atoms with Crippen molar-refractivity contribution in [2.24, 2.45) is 0 Å². The van der Waals surface area contributed by atoms with Gasteiger partial charge >= 0.3 is 6.36 Å². The molecule has 1 N–H and O–H groups in total. The van der Waals surface area contributed by atoms with E-state index in [2.05, 4.69) is 15.0 Å². The van der Waals surface area contributed by atoms with Gasteiger partial charge in [0.15, 0.2) is 5.13 Å². The molecule has 0 fully saturated rings. The molecule has 2 aromatic carbocycles.